The zero-order valence-corrected chi connectivity index (χ0v) is 8.63. The Morgan fingerprint density at radius 2 is 2.08 bits per heavy atom. The third kappa shape index (κ3) is 3.80. The quantitative estimate of drug-likeness (QED) is 0.622. The van der Waals surface area contributed by atoms with Crippen LogP contribution >= 0.6 is 0 Å². The van der Waals surface area contributed by atoms with Gasteiger partial charge in [0.15, 0.2) is 0 Å². The minimum absolute atomic E-state index is 0.0599. The number of aliphatic hydroxyl groups excluding tert-OH is 1. The smallest absolute Gasteiger partial charge is 0.0832 e. The Kier molecular flexibility index (Phi) is 3.35. The van der Waals surface area contributed by atoms with E-state index in [1.54, 1.807) is 0 Å². The van der Waals surface area contributed by atoms with Crippen molar-refractivity contribution in [1.82, 2.24) is 0 Å². The molecule has 13 heavy (non-hydrogen) atoms. The summed E-state index contributed by atoms with van der Waals surface area (Å²) in [7, 11) is 0. The van der Waals surface area contributed by atoms with Crippen molar-refractivity contribution in [2.75, 3.05) is 13.2 Å². The van der Waals surface area contributed by atoms with Gasteiger partial charge in [-0.05, 0) is 20.8 Å². The molecule has 0 amide bonds. The largest absolute Gasteiger partial charge is 0.390 e. The van der Waals surface area contributed by atoms with Crippen molar-refractivity contribution < 1.29 is 9.84 Å². The molecule has 1 saturated heterocycles. The number of hydrogen-bond acceptors (Lipinski definition) is 2. The first-order valence-corrected chi connectivity index (χ1v) is 4.75. The Morgan fingerprint density at radius 3 is 2.54 bits per heavy atom. The highest BCUT2D eigenvalue weighted by atomic mass is 16.5. The molecular formula is C11H18O2. The molecule has 2 atom stereocenters. The molecule has 0 spiro atoms. The molecule has 1 fully saturated rings. The fourth-order valence-corrected chi connectivity index (χ4v) is 1.23. The summed E-state index contributed by atoms with van der Waals surface area (Å²) >= 11 is 0. The number of ether oxygens (including phenoxy) is 1. The van der Waals surface area contributed by atoms with Crippen molar-refractivity contribution >= 4 is 0 Å². The van der Waals surface area contributed by atoms with Gasteiger partial charge in [-0.3, -0.25) is 0 Å². The first-order chi connectivity index (χ1) is 5.99. The Balaban J connectivity index is 2.36. The van der Waals surface area contributed by atoms with Crippen molar-refractivity contribution in [3.8, 4) is 11.8 Å². The van der Waals surface area contributed by atoms with E-state index in [4.69, 9.17) is 4.74 Å². The molecule has 0 aromatic carbocycles. The van der Waals surface area contributed by atoms with Gasteiger partial charge < -0.3 is 9.84 Å². The van der Waals surface area contributed by atoms with Crippen LogP contribution in [0.25, 0.3) is 0 Å². The second kappa shape index (κ2) is 4.13. The lowest BCUT2D eigenvalue weighted by Gasteiger charge is -2.09. The second-order valence-electron chi connectivity index (χ2n) is 4.62. The zero-order valence-electron chi connectivity index (χ0n) is 8.63. The van der Waals surface area contributed by atoms with Gasteiger partial charge in [-0.25, -0.2) is 0 Å². The summed E-state index contributed by atoms with van der Waals surface area (Å²) in [5.41, 5.74) is 0.0599. The Morgan fingerprint density at radius 1 is 1.38 bits per heavy atom. The predicted octanol–water partition coefficient (Wildman–Crippen LogP) is 1.43. The van der Waals surface area contributed by atoms with Gasteiger partial charge >= 0.3 is 0 Å². The van der Waals surface area contributed by atoms with Crippen molar-refractivity contribution in [2.24, 2.45) is 11.3 Å². The van der Waals surface area contributed by atoms with E-state index < -0.39 is 0 Å². The van der Waals surface area contributed by atoms with Crippen LogP contribution in [0.5, 0.6) is 0 Å². The highest BCUT2D eigenvalue weighted by molar-refractivity contribution is 5.08. The average Bonchev–Trinajstić information content (AvgIpc) is 2.34. The second-order valence-corrected chi connectivity index (χ2v) is 4.62. The lowest BCUT2D eigenvalue weighted by atomic mass is 9.96. The molecule has 1 rings (SSSR count). The predicted molar refractivity (Wildman–Crippen MR) is 52.2 cm³/mol. The average molecular weight is 182 g/mol. The van der Waals surface area contributed by atoms with Gasteiger partial charge in [-0.1, -0.05) is 5.92 Å². The molecular weight excluding hydrogens is 164 g/mol. The monoisotopic (exact) mass is 182 g/mol. The van der Waals surface area contributed by atoms with Crippen molar-refractivity contribution in [3.05, 3.63) is 0 Å². The summed E-state index contributed by atoms with van der Waals surface area (Å²) in [6.45, 7) is 7.38. The first kappa shape index (κ1) is 10.6. The molecule has 74 valence electrons. The number of aliphatic hydroxyl groups is 1. The van der Waals surface area contributed by atoms with Gasteiger partial charge in [0, 0.05) is 17.8 Å². The van der Waals surface area contributed by atoms with E-state index >= 15 is 0 Å². The van der Waals surface area contributed by atoms with E-state index in [0.29, 0.717) is 13.2 Å². The van der Waals surface area contributed by atoms with E-state index in [2.05, 4.69) is 32.6 Å². The third-order valence-electron chi connectivity index (χ3n) is 1.99. The summed E-state index contributed by atoms with van der Waals surface area (Å²) in [5, 5.41) is 9.43. The molecule has 0 aliphatic carbocycles. The van der Waals surface area contributed by atoms with Gasteiger partial charge in [-0.15, -0.1) is 5.92 Å². The Hall–Kier alpha value is -0.520. The van der Waals surface area contributed by atoms with Crippen LogP contribution in [0.1, 0.15) is 27.2 Å². The minimum Gasteiger partial charge on any atom is -0.390 e. The molecule has 1 heterocycles. The maximum absolute atomic E-state index is 9.43. The van der Waals surface area contributed by atoms with Crippen LogP contribution in [0.4, 0.5) is 0 Å². The van der Waals surface area contributed by atoms with Gasteiger partial charge in [0.1, 0.15) is 0 Å². The molecule has 0 radical (unpaired) electrons. The summed E-state index contributed by atoms with van der Waals surface area (Å²) in [6.07, 6.45) is 0.438. The molecule has 0 saturated carbocycles. The Bertz CT molecular complexity index is 216. The number of hydrogen-bond donors (Lipinski definition) is 1. The Labute approximate surface area is 80.3 Å². The van der Waals surface area contributed by atoms with Crippen LogP contribution in [-0.2, 0) is 4.74 Å². The van der Waals surface area contributed by atoms with Crippen LogP contribution in [0.3, 0.4) is 0 Å². The summed E-state index contributed by atoms with van der Waals surface area (Å²) in [6, 6.07) is 0. The summed E-state index contributed by atoms with van der Waals surface area (Å²) in [4.78, 5) is 0. The van der Waals surface area contributed by atoms with Crippen molar-refractivity contribution in [3.63, 3.8) is 0 Å². The van der Waals surface area contributed by atoms with Crippen molar-refractivity contribution in [2.45, 2.75) is 33.3 Å². The van der Waals surface area contributed by atoms with E-state index in [-0.39, 0.29) is 17.4 Å². The molecule has 0 aromatic rings. The summed E-state index contributed by atoms with van der Waals surface area (Å²) in [5.74, 6) is 6.48. The van der Waals surface area contributed by atoms with E-state index in [1.165, 1.54) is 0 Å². The summed E-state index contributed by atoms with van der Waals surface area (Å²) < 4.78 is 5.13. The van der Waals surface area contributed by atoms with Crippen LogP contribution in [-0.4, -0.2) is 24.4 Å². The maximum Gasteiger partial charge on any atom is 0.0832 e. The molecule has 2 nitrogen and oxygen atoms in total. The van der Waals surface area contributed by atoms with Crippen LogP contribution in [0.2, 0.25) is 0 Å². The normalized spacial score (nSPS) is 28.3. The first-order valence-electron chi connectivity index (χ1n) is 4.75. The fourth-order valence-electron chi connectivity index (χ4n) is 1.23. The van der Waals surface area contributed by atoms with E-state index in [9.17, 15) is 5.11 Å². The maximum atomic E-state index is 9.43. The molecule has 1 N–H and O–H groups in total. The molecule has 2 heteroatoms. The van der Waals surface area contributed by atoms with Crippen LogP contribution in [0.15, 0.2) is 0 Å². The molecule has 0 bridgehead atoms. The van der Waals surface area contributed by atoms with Gasteiger partial charge in [0.05, 0.1) is 19.3 Å². The van der Waals surface area contributed by atoms with Gasteiger partial charge in [0.25, 0.3) is 0 Å². The topological polar surface area (TPSA) is 29.5 Å². The zero-order chi connectivity index (χ0) is 9.90. The van der Waals surface area contributed by atoms with Gasteiger partial charge in [-0.2, -0.15) is 0 Å². The molecule has 1 aliphatic heterocycles. The SMILES string of the molecule is CC(C)(C)C#CC[C@@H]1COC[C@H]1O. The fraction of sp³-hybridized carbons (Fsp3) is 0.818. The number of rotatable bonds is 1. The molecule has 0 unspecified atom stereocenters. The highest BCUT2D eigenvalue weighted by Crippen LogP contribution is 2.17. The van der Waals surface area contributed by atoms with E-state index in [0.717, 1.165) is 6.42 Å². The third-order valence-corrected chi connectivity index (χ3v) is 1.99. The van der Waals surface area contributed by atoms with Crippen molar-refractivity contribution in [1.29, 1.82) is 0 Å². The van der Waals surface area contributed by atoms with Crippen LogP contribution in [0, 0.1) is 23.2 Å². The van der Waals surface area contributed by atoms with Gasteiger partial charge in [0.2, 0.25) is 0 Å². The molecule has 1 aliphatic rings. The minimum atomic E-state index is -0.311. The standard InChI is InChI=1S/C11H18O2/c1-11(2,3)6-4-5-9-7-13-8-10(9)12/h9-10,12H,5,7-8H2,1-3H3/t9-,10-/m1/s1. The van der Waals surface area contributed by atoms with E-state index in [1.807, 2.05) is 0 Å². The lowest BCUT2D eigenvalue weighted by molar-refractivity contribution is 0.119. The highest BCUT2D eigenvalue weighted by Gasteiger charge is 2.24. The van der Waals surface area contributed by atoms with Crippen LogP contribution < -0.4 is 0 Å². The molecule has 0 aromatic heterocycles. The lowest BCUT2D eigenvalue weighted by Crippen LogP contribution is -2.17.